The molecule has 0 saturated carbocycles. The Bertz CT molecular complexity index is 196. The van der Waals surface area contributed by atoms with E-state index in [-0.39, 0.29) is 5.97 Å². The molecule has 2 rings (SSSR count). The summed E-state index contributed by atoms with van der Waals surface area (Å²) in [6.45, 7) is 3.64. The van der Waals surface area contributed by atoms with Gasteiger partial charge < -0.3 is 10.1 Å². The molecule has 0 unspecified atom stereocenters. The van der Waals surface area contributed by atoms with E-state index in [1.54, 1.807) is 0 Å². The molecular formula is C9H16N2O2. The molecule has 13 heavy (non-hydrogen) atoms. The van der Waals surface area contributed by atoms with Crippen molar-refractivity contribution in [2.45, 2.75) is 12.5 Å². The predicted molar refractivity (Wildman–Crippen MR) is 48.4 cm³/mol. The highest BCUT2D eigenvalue weighted by molar-refractivity contribution is 5.71. The number of likely N-dealkylation sites (tertiary alicyclic amines) is 1. The first-order chi connectivity index (χ1) is 6.29. The minimum Gasteiger partial charge on any atom is -0.468 e. The smallest absolute Gasteiger partial charge is 0.319 e. The number of esters is 1. The Morgan fingerprint density at radius 2 is 2.46 bits per heavy atom. The van der Waals surface area contributed by atoms with Gasteiger partial charge in [-0.1, -0.05) is 0 Å². The Morgan fingerprint density at radius 1 is 1.62 bits per heavy atom. The van der Waals surface area contributed by atoms with Gasteiger partial charge in [-0.25, -0.2) is 0 Å². The molecule has 0 aromatic rings. The van der Waals surface area contributed by atoms with Crippen LogP contribution in [0.15, 0.2) is 0 Å². The number of carbonyl (C=O) groups is 1. The summed E-state index contributed by atoms with van der Waals surface area (Å²) in [5, 5.41) is 3.45. The van der Waals surface area contributed by atoms with Crippen LogP contribution in [0.4, 0.5) is 0 Å². The van der Waals surface area contributed by atoms with Crippen molar-refractivity contribution in [3.63, 3.8) is 0 Å². The lowest BCUT2D eigenvalue weighted by molar-refractivity contribution is -0.141. The van der Waals surface area contributed by atoms with Gasteiger partial charge in [-0.05, 0) is 18.9 Å². The number of carbonyl (C=O) groups excluding carboxylic acids is 1. The van der Waals surface area contributed by atoms with Crippen LogP contribution in [0.25, 0.3) is 0 Å². The van der Waals surface area contributed by atoms with Crippen molar-refractivity contribution >= 4 is 5.97 Å². The van der Waals surface area contributed by atoms with Crippen LogP contribution in [-0.2, 0) is 9.53 Å². The maximum absolute atomic E-state index is 11.0. The molecule has 0 bridgehead atoms. The number of ether oxygens (including phenoxy) is 1. The number of nitrogens with zero attached hydrogens (tertiary/aromatic N) is 1. The first kappa shape index (κ1) is 8.97. The van der Waals surface area contributed by atoms with Crippen LogP contribution in [-0.4, -0.2) is 50.2 Å². The summed E-state index contributed by atoms with van der Waals surface area (Å²) in [4.78, 5) is 13.2. The molecule has 2 saturated heterocycles. The molecule has 0 amide bonds. The Labute approximate surface area is 78.2 Å². The van der Waals surface area contributed by atoms with E-state index < -0.39 is 0 Å². The molecule has 0 spiro atoms. The molecule has 0 radical (unpaired) electrons. The summed E-state index contributed by atoms with van der Waals surface area (Å²) in [5.74, 6) is 0.629. The van der Waals surface area contributed by atoms with Gasteiger partial charge in [0, 0.05) is 19.1 Å². The minimum atomic E-state index is -0.125. The highest BCUT2D eigenvalue weighted by Crippen LogP contribution is 2.23. The van der Waals surface area contributed by atoms with Crippen LogP contribution >= 0.6 is 0 Å². The summed E-state index contributed by atoms with van der Waals surface area (Å²) in [6, 6.07) is 0.615. The monoisotopic (exact) mass is 184 g/mol. The Morgan fingerprint density at radius 3 is 3.15 bits per heavy atom. The average molecular weight is 184 g/mol. The largest absolute Gasteiger partial charge is 0.468 e. The molecule has 74 valence electrons. The number of rotatable bonds is 2. The molecule has 0 aromatic carbocycles. The zero-order chi connectivity index (χ0) is 9.26. The van der Waals surface area contributed by atoms with E-state index in [2.05, 4.69) is 15.0 Å². The third-order valence-electron chi connectivity index (χ3n) is 3.02. The lowest BCUT2D eigenvalue weighted by atomic mass is 10.1. The molecule has 1 N–H and O–H groups in total. The van der Waals surface area contributed by atoms with E-state index in [1.807, 2.05) is 0 Å². The van der Waals surface area contributed by atoms with Crippen LogP contribution in [0.5, 0.6) is 0 Å². The molecule has 4 heteroatoms. The van der Waals surface area contributed by atoms with Crippen molar-refractivity contribution in [2.75, 3.05) is 33.3 Å². The maximum Gasteiger partial charge on any atom is 0.319 e. The number of hydrogen-bond acceptors (Lipinski definition) is 4. The van der Waals surface area contributed by atoms with Gasteiger partial charge in [0.05, 0.1) is 13.7 Å². The van der Waals surface area contributed by atoms with Crippen molar-refractivity contribution in [1.29, 1.82) is 0 Å². The first-order valence-electron chi connectivity index (χ1n) is 4.82. The van der Waals surface area contributed by atoms with Crippen molar-refractivity contribution < 1.29 is 9.53 Å². The summed E-state index contributed by atoms with van der Waals surface area (Å²) in [7, 11) is 1.44. The fraction of sp³-hybridized carbons (Fsp3) is 0.889. The second-order valence-electron chi connectivity index (χ2n) is 3.88. The van der Waals surface area contributed by atoms with Gasteiger partial charge in [0.15, 0.2) is 0 Å². The summed E-state index contributed by atoms with van der Waals surface area (Å²) >= 11 is 0. The van der Waals surface area contributed by atoms with Gasteiger partial charge in [-0.2, -0.15) is 0 Å². The fourth-order valence-corrected chi connectivity index (χ4v) is 2.31. The van der Waals surface area contributed by atoms with E-state index in [4.69, 9.17) is 0 Å². The standard InChI is InChI=1S/C9H16N2O2/c1-13-9(12)6-11-4-7-2-3-10-8(7)5-11/h7-8,10H,2-6H2,1H3/t7-,8+/m0/s1. The average Bonchev–Trinajstić information content (AvgIpc) is 2.63. The first-order valence-corrected chi connectivity index (χ1v) is 4.82. The molecule has 0 aliphatic carbocycles. The Kier molecular flexibility index (Phi) is 2.51. The maximum atomic E-state index is 11.0. The second kappa shape index (κ2) is 3.64. The summed E-state index contributed by atoms with van der Waals surface area (Å²) < 4.78 is 4.63. The number of fused-ring (bicyclic) bond motifs is 1. The van der Waals surface area contributed by atoms with Crippen molar-refractivity contribution in [2.24, 2.45) is 5.92 Å². The zero-order valence-corrected chi connectivity index (χ0v) is 7.95. The normalized spacial score (nSPS) is 33.3. The fourth-order valence-electron chi connectivity index (χ4n) is 2.31. The van der Waals surface area contributed by atoms with Gasteiger partial charge in [-0.3, -0.25) is 9.69 Å². The van der Waals surface area contributed by atoms with E-state index >= 15 is 0 Å². The third-order valence-corrected chi connectivity index (χ3v) is 3.02. The molecule has 2 aliphatic rings. The molecule has 4 nitrogen and oxygen atoms in total. The quantitative estimate of drug-likeness (QED) is 0.585. The zero-order valence-electron chi connectivity index (χ0n) is 7.95. The summed E-state index contributed by atoms with van der Waals surface area (Å²) in [6.07, 6.45) is 1.25. The lowest BCUT2D eigenvalue weighted by Gasteiger charge is -2.14. The molecule has 2 fully saturated rings. The van der Waals surface area contributed by atoms with Crippen LogP contribution in [0.2, 0.25) is 0 Å². The second-order valence-corrected chi connectivity index (χ2v) is 3.88. The van der Waals surface area contributed by atoms with E-state index in [0.717, 1.165) is 25.6 Å². The van der Waals surface area contributed by atoms with E-state index in [1.165, 1.54) is 13.5 Å². The van der Waals surface area contributed by atoms with Gasteiger partial charge in [0.2, 0.25) is 0 Å². The molecule has 2 atom stereocenters. The highest BCUT2D eigenvalue weighted by atomic mass is 16.5. The molecule has 2 heterocycles. The highest BCUT2D eigenvalue weighted by Gasteiger charge is 2.36. The number of methoxy groups -OCH3 is 1. The Balaban J connectivity index is 1.82. The Hall–Kier alpha value is -0.610. The topological polar surface area (TPSA) is 41.6 Å². The molecule has 0 aromatic heterocycles. The van der Waals surface area contributed by atoms with Crippen molar-refractivity contribution in [1.82, 2.24) is 10.2 Å². The number of hydrogen-bond donors (Lipinski definition) is 1. The van der Waals surface area contributed by atoms with E-state index in [0.29, 0.717) is 12.6 Å². The van der Waals surface area contributed by atoms with Crippen molar-refractivity contribution in [3.05, 3.63) is 0 Å². The van der Waals surface area contributed by atoms with Gasteiger partial charge >= 0.3 is 5.97 Å². The van der Waals surface area contributed by atoms with Crippen LogP contribution in [0.1, 0.15) is 6.42 Å². The SMILES string of the molecule is COC(=O)CN1C[C@@H]2CCN[C@@H]2C1. The van der Waals surface area contributed by atoms with Gasteiger partial charge in [0.25, 0.3) is 0 Å². The minimum absolute atomic E-state index is 0.125. The predicted octanol–water partition coefficient (Wildman–Crippen LogP) is -0.547. The van der Waals surface area contributed by atoms with Gasteiger partial charge in [0.1, 0.15) is 0 Å². The molecule has 2 aliphatic heterocycles. The van der Waals surface area contributed by atoms with Gasteiger partial charge in [-0.15, -0.1) is 0 Å². The number of nitrogens with one attached hydrogen (secondary N) is 1. The van der Waals surface area contributed by atoms with Crippen LogP contribution < -0.4 is 5.32 Å². The lowest BCUT2D eigenvalue weighted by Crippen LogP contribution is -2.33. The van der Waals surface area contributed by atoms with Crippen LogP contribution in [0, 0.1) is 5.92 Å². The third kappa shape index (κ3) is 1.84. The van der Waals surface area contributed by atoms with Crippen LogP contribution in [0.3, 0.4) is 0 Å². The molecular weight excluding hydrogens is 168 g/mol. The summed E-state index contributed by atoms with van der Waals surface area (Å²) in [5.41, 5.74) is 0. The van der Waals surface area contributed by atoms with Crippen molar-refractivity contribution in [3.8, 4) is 0 Å². The van der Waals surface area contributed by atoms with E-state index in [9.17, 15) is 4.79 Å².